The monoisotopic (exact) mass is 364 g/mol. The Morgan fingerprint density at radius 2 is 2.14 bits per heavy atom. The Hall–Kier alpha value is -1.73. The molecule has 1 N–H and O–H groups in total. The van der Waals surface area contributed by atoms with E-state index < -0.39 is 0 Å². The minimum Gasteiger partial charge on any atom is -0.272 e. The first-order chi connectivity index (χ1) is 10.1. The number of nitrogens with one attached hydrogen (secondary N) is 1. The molecule has 0 aliphatic carbocycles. The molecular weight excluding hydrogens is 352 g/mol. The van der Waals surface area contributed by atoms with Crippen LogP contribution in [0.25, 0.3) is 0 Å². The van der Waals surface area contributed by atoms with E-state index in [1.165, 1.54) is 11.8 Å². The third-order valence-electron chi connectivity index (χ3n) is 2.43. The largest absolute Gasteiger partial charge is 0.272 e. The van der Waals surface area contributed by atoms with Crippen LogP contribution in [0.1, 0.15) is 12.5 Å². The molecule has 1 heterocycles. The Bertz CT molecular complexity index is 636. The highest BCUT2D eigenvalue weighted by atomic mass is 79.9. The number of thioether (sulfide) groups is 1. The van der Waals surface area contributed by atoms with E-state index in [9.17, 15) is 4.79 Å². The molecule has 1 atom stereocenters. The number of carbonyl (C=O) groups is 1. The number of amides is 1. The van der Waals surface area contributed by atoms with Gasteiger partial charge in [0.15, 0.2) is 5.16 Å². The second-order valence-electron chi connectivity index (χ2n) is 4.08. The van der Waals surface area contributed by atoms with Gasteiger partial charge in [-0.25, -0.2) is 15.4 Å². The maximum Gasteiger partial charge on any atom is 0.253 e. The van der Waals surface area contributed by atoms with Gasteiger partial charge in [0, 0.05) is 16.9 Å². The number of hydrogen-bond donors (Lipinski definition) is 1. The highest BCUT2D eigenvalue weighted by molar-refractivity contribution is 9.10. The fourth-order valence-electron chi connectivity index (χ4n) is 1.41. The van der Waals surface area contributed by atoms with E-state index in [2.05, 4.69) is 36.4 Å². The molecule has 1 amide bonds. The van der Waals surface area contributed by atoms with Crippen LogP contribution in [0.3, 0.4) is 0 Å². The van der Waals surface area contributed by atoms with Crippen LogP contribution in [0, 0.1) is 0 Å². The van der Waals surface area contributed by atoms with Crippen molar-refractivity contribution in [1.82, 2.24) is 15.4 Å². The van der Waals surface area contributed by atoms with Gasteiger partial charge in [0.05, 0.1) is 11.5 Å². The Morgan fingerprint density at radius 3 is 2.86 bits per heavy atom. The Balaban J connectivity index is 1.86. The fourth-order valence-corrected chi connectivity index (χ4v) is 2.54. The van der Waals surface area contributed by atoms with Gasteiger partial charge in [0.1, 0.15) is 0 Å². The number of halogens is 1. The molecule has 1 aromatic heterocycles. The summed E-state index contributed by atoms with van der Waals surface area (Å²) in [5.41, 5.74) is 3.41. The second-order valence-corrected chi connectivity index (χ2v) is 6.30. The number of aromatic nitrogens is 2. The van der Waals surface area contributed by atoms with Gasteiger partial charge in [0.25, 0.3) is 5.91 Å². The van der Waals surface area contributed by atoms with Crippen LogP contribution in [0.5, 0.6) is 0 Å². The summed E-state index contributed by atoms with van der Waals surface area (Å²) in [5, 5.41) is 4.18. The van der Waals surface area contributed by atoms with Crippen molar-refractivity contribution in [3.63, 3.8) is 0 Å². The fraction of sp³-hybridized carbons (Fsp3) is 0.143. The van der Waals surface area contributed by atoms with Crippen LogP contribution < -0.4 is 5.43 Å². The Morgan fingerprint density at radius 1 is 1.38 bits per heavy atom. The molecule has 0 fully saturated rings. The predicted octanol–water partition coefficient (Wildman–Crippen LogP) is 2.87. The zero-order valence-corrected chi connectivity index (χ0v) is 13.6. The van der Waals surface area contributed by atoms with E-state index in [0.29, 0.717) is 5.16 Å². The molecule has 0 aliphatic rings. The standard InChI is InChI=1S/C14H13BrN4OS/c1-10(21-14-16-6-3-7-17-14)13(20)19-18-9-11-4-2-5-12(15)8-11/h2-10H,1H3,(H,19,20)/b18-9-/t10-/m1/s1. The van der Waals surface area contributed by atoms with Gasteiger partial charge in [-0.05, 0) is 30.7 Å². The van der Waals surface area contributed by atoms with Crippen molar-refractivity contribution >= 4 is 39.8 Å². The lowest BCUT2D eigenvalue weighted by Gasteiger charge is -2.07. The zero-order valence-electron chi connectivity index (χ0n) is 11.2. The lowest BCUT2D eigenvalue weighted by Crippen LogP contribution is -2.27. The molecule has 0 bridgehead atoms. The molecule has 2 aromatic rings. The summed E-state index contributed by atoms with van der Waals surface area (Å²) in [6.07, 6.45) is 4.88. The summed E-state index contributed by atoms with van der Waals surface area (Å²) in [6.45, 7) is 1.78. The molecule has 0 spiro atoms. The van der Waals surface area contributed by atoms with Gasteiger partial charge in [-0.1, -0.05) is 39.8 Å². The summed E-state index contributed by atoms with van der Waals surface area (Å²) >= 11 is 4.66. The molecule has 108 valence electrons. The molecule has 2 rings (SSSR count). The van der Waals surface area contributed by atoms with E-state index in [4.69, 9.17) is 0 Å². The highest BCUT2D eigenvalue weighted by Gasteiger charge is 2.14. The minimum absolute atomic E-state index is 0.196. The quantitative estimate of drug-likeness (QED) is 0.383. The minimum atomic E-state index is -0.327. The van der Waals surface area contributed by atoms with Crippen LogP contribution >= 0.6 is 27.7 Å². The van der Waals surface area contributed by atoms with E-state index >= 15 is 0 Å². The first kappa shape index (κ1) is 15.7. The van der Waals surface area contributed by atoms with E-state index in [-0.39, 0.29) is 11.2 Å². The van der Waals surface area contributed by atoms with Crippen LogP contribution in [0.2, 0.25) is 0 Å². The summed E-state index contributed by atoms with van der Waals surface area (Å²) in [7, 11) is 0. The zero-order chi connectivity index (χ0) is 15.1. The first-order valence-electron chi connectivity index (χ1n) is 6.17. The molecule has 5 nitrogen and oxygen atoms in total. The summed E-state index contributed by atoms with van der Waals surface area (Å²) in [4.78, 5) is 20.0. The number of hydrogen-bond acceptors (Lipinski definition) is 5. The average molecular weight is 365 g/mol. The van der Waals surface area contributed by atoms with Crippen LogP contribution in [-0.4, -0.2) is 27.3 Å². The van der Waals surface area contributed by atoms with Crippen molar-refractivity contribution < 1.29 is 4.79 Å². The number of rotatable bonds is 5. The number of nitrogens with zero attached hydrogens (tertiary/aromatic N) is 3. The topological polar surface area (TPSA) is 67.2 Å². The van der Waals surface area contributed by atoms with E-state index in [1.54, 1.807) is 31.6 Å². The smallest absolute Gasteiger partial charge is 0.253 e. The molecule has 0 aliphatic heterocycles. The van der Waals surface area contributed by atoms with Crippen LogP contribution in [0.4, 0.5) is 0 Å². The van der Waals surface area contributed by atoms with Crippen molar-refractivity contribution in [2.75, 3.05) is 0 Å². The third-order valence-corrected chi connectivity index (χ3v) is 3.91. The van der Waals surface area contributed by atoms with E-state index in [1.807, 2.05) is 24.3 Å². The highest BCUT2D eigenvalue weighted by Crippen LogP contribution is 2.18. The Labute approximate surface area is 135 Å². The molecule has 21 heavy (non-hydrogen) atoms. The van der Waals surface area contributed by atoms with Crippen molar-refractivity contribution in [3.05, 3.63) is 52.8 Å². The third kappa shape index (κ3) is 5.28. The van der Waals surface area contributed by atoms with Gasteiger partial charge in [-0.15, -0.1) is 0 Å². The number of carbonyl (C=O) groups excluding carboxylic acids is 1. The maximum atomic E-state index is 11.9. The van der Waals surface area contributed by atoms with Gasteiger partial charge < -0.3 is 0 Å². The van der Waals surface area contributed by atoms with Gasteiger partial charge in [-0.3, -0.25) is 4.79 Å². The predicted molar refractivity (Wildman–Crippen MR) is 87.2 cm³/mol. The van der Waals surface area contributed by atoms with Crippen LogP contribution in [-0.2, 0) is 4.79 Å². The molecular formula is C14H13BrN4OS. The Kier molecular flexibility index (Phi) is 5.89. The maximum absolute atomic E-state index is 11.9. The first-order valence-corrected chi connectivity index (χ1v) is 7.84. The molecule has 0 saturated heterocycles. The van der Waals surface area contributed by atoms with Crippen LogP contribution in [0.15, 0.2) is 57.5 Å². The summed E-state index contributed by atoms with van der Waals surface area (Å²) in [5.74, 6) is -0.196. The molecule has 0 saturated carbocycles. The molecule has 1 aromatic carbocycles. The normalized spacial score (nSPS) is 12.3. The summed E-state index contributed by atoms with van der Waals surface area (Å²) in [6, 6.07) is 9.37. The van der Waals surface area contributed by atoms with Crippen molar-refractivity contribution in [3.8, 4) is 0 Å². The SMILES string of the molecule is C[C@@H](Sc1ncccn1)C(=O)N/N=C\c1cccc(Br)c1. The average Bonchev–Trinajstić information content (AvgIpc) is 2.48. The summed E-state index contributed by atoms with van der Waals surface area (Å²) < 4.78 is 0.961. The van der Waals surface area contributed by atoms with Crippen molar-refractivity contribution in [2.24, 2.45) is 5.10 Å². The number of hydrazone groups is 1. The molecule has 0 radical (unpaired) electrons. The molecule has 7 heteroatoms. The van der Waals surface area contributed by atoms with Gasteiger partial charge in [0.2, 0.25) is 0 Å². The van der Waals surface area contributed by atoms with E-state index in [0.717, 1.165) is 10.0 Å². The lowest BCUT2D eigenvalue weighted by molar-refractivity contribution is -0.120. The van der Waals surface area contributed by atoms with Crippen molar-refractivity contribution in [1.29, 1.82) is 0 Å². The van der Waals surface area contributed by atoms with Crippen molar-refractivity contribution in [2.45, 2.75) is 17.3 Å². The number of benzene rings is 1. The molecule has 0 unspecified atom stereocenters. The second kappa shape index (κ2) is 7.90. The van der Waals surface area contributed by atoms with Gasteiger partial charge >= 0.3 is 0 Å². The van der Waals surface area contributed by atoms with Gasteiger partial charge in [-0.2, -0.15) is 5.10 Å². The lowest BCUT2D eigenvalue weighted by atomic mass is 10.2.